The third-order valence-corrected chi connectivity index (χ3v) is 2.11. The summed E-state index contributed by atoms with van der Waals surface area (Å²) in [7, 11) is 1.66. The molecule has 0 saturated carbocycles. The molecule has 5 heteroatoms. The van der Waals surface area contributed by atoms with Crippen molar-refractivity contribution in [1.29, 1.82) is 0 Å². The topological polar surface area (TPSA) is 60.0 Å². The number of nitrogens with one attached hydrogen (secondary N) is 1. The smallest absolute Gasteiger partial charge is 0.0897 e. The summed E-state index contributed by atoms with van der Waals surface area (Å²) in [6.45, 7) is 8.53. The van der Waals surface area contributed by atoms with E-state index in [4.69, 9.17) is 14.2 Å². The molecule has 2 N–H and O–H groups in total. The fourth-order valence-electron chi connectivity index (χ4n) is 1.27. The Morgan fingerprint density at radius 1 is 1.12 bits per heavy atom. The van der Waals surface area contributed by atoms with Gasteiger partial charge in [0.25, 0.3) is 0 Å². The third-order valence-electron chi connectivity index (χ3n) is 2.11. The van der Waals surface area contributed by atoms with Gasteiger partial charge in [0.1, 0.15) is 0 Å². The molecule has 17 heavy (non-hydrogen) atoms. The Balaban J connectivity index is 3.31. The maximum atomic E-state index is 9.61. The van der Waals surface area contributed by atoms with Crippen molar-refractivity contribution in [3.8, 4) is 0 Å². The van der Waals surface area contributed by atoms with E-state index in [0.29, 0.717) is 33.0 Å². The summed E-state index contributed by atoms with van der Waals surface area (Å²) in [5.74, 6) is 0. The second-order valence-electron chi connectivity index (χ2n) is 4.41. The molecule has 0 fully saturated rings. The van der Waals surface area contributed by atoms with Crippen LogP contribution in [-0.2, 0) is 14.2 Å². The van der Waals surface area contributed by atoms with Crippen molar-refractivity contribution in [2.45, 2.75) is 39.0 Å². The summed E-state index contributed by atoms with van der Waals surface area (Å²) < 4.78 is 15.6. The number of methoxy groups -OCH3 is 1. The molecule has 0 rings (SSSR count). The first kappa shape index (κ1) is 16.8. The van der Waals surface area contributed by atoms with Crippen LogP contribution in [0.5, 0.6) is 0 Å². The molecule has 0 saturated heterocycles. The van der Waals surface area contributed by atoms with Gasteiger partial charge in [-0.15, -0.1) is 0 Å². The summed E-state index contributed by atoms with van der Waals surface area (Å²) in [4.78, 5) is 0. The number of ether oxygens (including phenoxy) is 3. The predicted octanol–water partition coefficient (Wildman–Crippen LogP) is 0.413. The summed E-state index contributed by atoms with van der Waals surface area (Å²) in [6, 6.07) is 0.235. The van der Waals surface area contributed by atoms with E-state index in [-0.39, 0.29) is 12.1 Å². The minimum absolute atomic E-state index is 0.222. The Hall–Kier alpha value is -0.200. The number of aliphatic hydroxyl groups is 1. The molecule has 0 heterocycles. The van der Waals surface area contributed by atoms with Crippen molar-refractivity contribution >= 4 is 0 Å². The number of rotatable bonds is 11. The van der Waals surface area contributed by atoms with Crippen LogP contribution < -0.4 is 5.32 Å². The minimum Gasteiger partial charge on any atom is -0.389 e. The van der Waals surface area contributed by atoms with Crippen LogP contribution in [0.4, 0.5) is 0 Å². The Labute approximate surface area is 104 Å². The molecule has 0 aliphatic heterocycles. The molecule has 2 atom stereocenters. The lowest BCUT2D eigenvalue weighted by Gasteiger charge is -2.16. The SMILES string of the molecule is COCC(C)NCC(O)COCCOC(C)C. The third kappa shape index (κ3) is 12.1. The highest BCUT2D eigenvalue weighted by Crippen LogP contribution is 1.90. The van der Waals surface area contributed by atoms with Gasteiger partial charge >= 0.3 is 0 Å². The molecular formula is C12H27NO4. The van der Waals surface area contributed by atoms with Crippen LogP contribution in [0.3, 0.4) is 0 Å². The maximum absolute atomic E-state index is 9.61. The van der Waals surface area contributed by atoms with E-state index in [1.165, 1.54) is 0 Å². The Kier molecular flexibility index (Phi) is 10.8. The van der Waals surface area contributed by atoms with E-state index in [1.54, 1.807) is 7.11 Å². The van der Waals surface area contributed by atoms with Crippen LogP contribution in [-0.4, -0.2) is 63.4 Å². The quantitative estimate of drug-likeness (QED) is 0.520. The maximum Gasteiger partial charge on any atom is 0.0897 e. The second-order valence-corrected chi connectivity index (χ2v) is 4.41. The zero-order chi connectivity index (χ0) is 13.1. The molecule has 0 aliphatic rings. The molecule has 0 aromatic rings. The first-order chi connectivity index (χ1) is 8.06. The summed E-state index contributed by atoms with van der Waals surface area (Å²) in [5, 5.41) is 12.8. The Morgan fingerprint density at radius 2 is 1.82 bits per heavy atom. The van der Waals surface area contributed by atoms with Crippen molar-refractivity contribution in [2.75, 3.05) is 40.1 Å². The van der Waals surface area contributed by atoms with Crippen LogP contribution in [0.25, 0.3) is 0 Å². The van der Waals surface area contributed by atoms with Gasteiger partial charge in [0.2, 0.25) is 0 Å². The van der Waals surface area contributed by atoms with Crippen LogP contribution in [0.1, 0.15) is 20.8 Å². The number of hydrogen-bond acceptors (Lipinski definition) is 5. The molecule has 0 spiro atoms. The average molecular weight is 249 g/mol. The van der Waals surface area contributed by atoms with Gasteiger partial charge < -0.3 is 24.6 Å². The first-order valence-corrected chi connectivity index (χ1v) is 6.16. The van der Waals surface area contributed by atoms with Crippen molar-refractivity contribution in [1.82, 2.24) is 5.32 Å². The van der Waals surface area contributed by atoms with E-state index >= 15 is 0 Å². The molecule has 2 unspecified atom stereocenters. The summed E-state index contributed by atoms with van der Waals surface area (Å²) >= 11 is 0. The molecule has 104 valence electrons. The van der Waals surface area contributed by atoms with Crippen molar-refractivity contribution < 1.29 is 19.3 Å². The zero-order valence-corrected chi connectivity index (χ0v) is 11.4. The van der Waals surface area contributed by atoms with Crippen LogP contribution in [0.15, 0.2) is 0 Å². The van der Waals surface area contributed by atoms with Crippen molar-refractivity contribution in [3.05, 3.63) is 0 Å². The molecule has 0 amide bonds. The van der Waals surface area contributed by atoms with Gasteiger partial charge in [-0.25, -0.2) is 0 Å². The van der Waals surface area contributed by atoms with Gasteiger partial charge in [0.15, 0.2) is 0 Å². The standard InChI is InChI=1S/C12H27NO4/c1-10(2)17-6-5-16-9-12(14)7-13-11(3)8-15-4/h10-14H,5-9H2,1-4H3. The second kappa shape index (κ2) is 10.9. The summed E-state index contributed by atoms with van der Waals surface area (Å²) in [6.07, 6.45) is -0.270. The summed E-state index contributed by atoms with van der Waals surface area (Å²) in [5.41, 5.74) is 0. The Morgan fingerprint density at radius 3 is 2.41 bits per heavy atom. The number of hydrogen-bond donors (Lipinski definition) is 2. The highest BCUT2D eigenvalue weighted by molar-refractivity contribution is 4.64. The average Bonchev–Trinajstić information content (AvgIpc) is 2.26. The van der Waals surface area contributed by atoms with Crippen LogP contribution >= 0.6 is 0 Å². The predicted molar refractivity (Wildman–Crippen MR) is 67.3 cm³/mol. The molecule has 0 aromatic carbocycles. The van der Waals surface area contributed by atoms with E-state index in [2.05, 4.69) is 5.32 Å². The van der Waals surface area contributed by atoms with E-state index < -0.39 is 6.10 Å². The van der Waals surface area contributed by atoms with Crippen LogP contribution in [0, 0.1) is 0 Å². The number of aliphatic hydroxyl groups excluding tert-OH is 1. The zero-order valence-electron chi connectivity index (χ0n) is 11.4. The van der Waals surface area contributed by atoms with Gasteiger partial charge in [-0.3, -0.25) is 0 Å². The largest absolute Gasteiger partial charge is 0.389 e. The molecule has 0 bridgehead atoms. The molecular weight excluding hydrogens is 222 g/mol. The van der Waals surface area contributed by atoms with Crippen molar-refractivity contribution in [2.24, 2.45) is 0 Å². The highest BCUT2D eigenvalue weighted by atomic mass is 16.5. The fourth-order valence-corrected chi connectivity index (χ4v) is 1.27. The molecule has 5 nitrogen and oxygen atoms in total. The van der Waals surface area contributed by atoms with Crippen LogP contribution in [0.2, 0.25) is 0 Å². The normalized spacial score (nSPS) is 15.2. The Bertz CT molecular complexity index is 167. The molecule has 0 aliphatic carbocycles. The van der Waals surface area contributed by atoms with Gasteiger partial charge in [0.05, 0.1) is 38.6 Å². The van der Waals surface area contributed by atoms with E-state index in [9.17, 15) is 5.11 Å². The molecule has 0 aromatic heterocycles. The monoisotopic (exact) mass is 249 g/mol. The minimum atomic E-state index is -0.492. The lowest BCUT2D eigenvalue weighted by atomic mass is 10.3. The lowest BCUT2D eigenvalue weighted by Crippen LogP contribution is -2.38. The first-order valence-electron chi connectivity index (χ1n) is 6.16. The fraction of sp³-hybridized carbons (Fsp3) is 1.00. The lowest BCUT2D eigenvalue weighted by molar-refractivity contribution is -0.0108. The van der Waals surface area contributed by atoms with Gasteiger partial charge in [-0.2, -0.15) is 0 Å². The van der Waals surface area contributed by atoms with Gasteiger partial charge in [0, 0.05) is 19.7 Å². The highest BCUT2D eigenvalue weighted by Gasteiger charge is 2.06. The molecule has 0 radical (unpaired) electrons. The van der Waals surface area contributed by atoms with Gasteiger partial charge in [-0.1, -0.05) is 0 Å². The van der Waals surface area contributed by atoms with E-state index in [1.807, 2.05) is 20.8 Å². The van der Waals surface area contributed by atoms with Crippen molar-refractivity contribution in [3.63, 3.8) is 0 Å². The van der Waals surface area contributed by atoms with Gasteiger partial charge in [-0.05, 0) is 20.8 Å². The van der Waals surface area contributed by atoms with E-state index in [0.717, 1.165) is 0 Å².